The molecule has 2 unspecified atom stereocenters. The van der Waals surface area contributed by atoms with Crippen LogP contribution in [0, 0.1) is 0 Å². The van der Waals surface area contributed by atoms with Gasteiger partial charge in [-0.15, -0.1) is 11.8 Å². The number of ether oxygens (including phenoxy) is 1. The molecule has 1 aliphatic rings. The maximum absolute atomic E-state index is 12.4. The molecule has 21 heavy (non-hydrogen) atoms. The molecule has 1 aromatic carbocycles. The zero-order valence-corrected chi connectivity index (χ0v) is 13.7. The molecule has 1 saturated carbocycles. The van der Waals surface area contributed by atoms with Crippen LogP contribution in [0.15, 0.2) is 35.2 Å². The predicted molar refractivity (Wildman–Crippen MR) is 87.6 cm³/mol. The van der Waals surface area contributed by atoms with Gasteiger partial charge in [0.05, 0.1) is 6.61 Å². The van der Waals surface area contributed by atoms with Crippen LogP contribution in [0.4, 0.5) is 0 Å². The highest BCUT2D eigenvalue weighted by molar-refractivity contribution is 8.00. The van der Waals surface area contributed by atoms with Gasteiger partial charge in [0, 0.05) is 10.1 Å². The highest BCUT2D eigenvalue weighted by Crippen LogP contribution is 2.38. The Morgan fingerprint density at radius 1 is 1.38 bits per heavy atom. The van der Waals surface area contributed by atoms with E-state index < -0.39 is 5.54 Å². The number of carbonyl (C=O) groups excluding carboxylic acids is 1. The Morgan fingerprint density at radius 3 is 2.81 bits per heavy atom. The summed E-state index contributed by atoms with van der Waals surface area (Å²) in [6.07, 6.45) is 3.95. The van der Waals surface area contributed by atoms with Crippen LogP contribution < -0.4 is 5.32 Å². The van der Waals surface area contributed by atoms with Crippen LogP contribution in [0.1, 0.15) is 39.5 Å². The lowest BCUT2D eigenvalue weighted by molar-refractivity contribution is -0.152. The van der Waals surface area contributed by atoms with Crippen molar-refractivity contribution in [1.29, 1.82) is 0 Å². The number of carbonyl (C=O) groups is 1. The second-order valence-electron chi connectivity index (χ2n) is 5.48. The minimum atomic E-state index is -0.491. The summed E-state index contributed by atoms with van der Waals surface area (Å²) in [5, 5.41) is 3.87. The summed E-state index contributed by atoms with van der Waals surface area (Å²) in [6.45, 7) is 5.16. The molecule has 2 rings (SSSR count). The summed E-state index contributed by atoms with van der Waals surface area (Å²) in [5.41, 5.74) is -0.491. The van der Waals surface area contributed by atoms with Gasteiger partial charge in [0.2, 0.25) is 0 Å². The number of rotatable bonds is 6. The zero-order chi connectivity index (χ0) is 15.1. The number of thioether (sulfide) groups is 1. The van der Waals surface area contributed by atoms with Gasteiger partial charge in [-0.1, -0.05) is 25.1 Å². The van der Waals surface area contributed by atoms with Gasteiger partial charge in [-0.2, -0.15) is 0 Å². The standard InChI is InChI=1S/C17H25NO2S/c1-3-18-17(16(19)20-4-2)12-8-11-15(13-17)21-14-9-6-5-7-10-14/h5-7,9-10,15,18H,3-4,8,11-13H2,1-2H3. The van der Waals surface area contributed by atoms with Crippen LogP contribution >= 0.6 is 11.8 Å². The van der Waals surface area contributed by atoms with E-state index in [1.54, 1.807) is 0 Å². The van der Waals surface area contributed by atoms with Crippen molar-refractivity contribution in [3.8, 4) is 0 Å². The molecule has 4 heteroatoms. The molecule has 1 aliphatic carbocycles. The first kappa shape index (κ1) is 16.4. The summed E-state index contributed by atoms with van der Waals surface area (Å²) in [7, 11) is 0. The van der Waals surface area contributed by atoms with Gasteiger partial charge >= 0.3 is 5.97 Å². The monoisotopic (exact) mass is 307 g/mol. The summed E-state index contributed by atoms with van der Waals surface area (Å²) in [6, 6.07) is 10.4. The van der Waals surface area contributed by atoms with E-state index in [2.05, 4.69) is 36.5 Å². The topological polar surface area (TPSA) is 38.3 Å². The fourth-order valence-corrected chi connectivity index (χ4v) is 4.39. The van der Waals surface area contributed by atoms with E-state index in [1.807, 2.05) is 24.8 Å². The van der Waals surface area contributed by atoms with E-state index in [0.717, 1.165) is 32.2 Å². The fourth-order valence-electron chi connectivity index (χ4n) is 3.04. The number of likely N-dealkylation sites (N-methyl/N-ethyl adjacent to an activating group) is 1. The minimum absolute atomic E-state index is 0.0785. The molecule has 0 heterocycles. The van der Waals surface area contributed by atoms with Gasteiger partial charge < -0.3 is 10.1 Å². The average Bonchev–Trinajstić information content (AvgIpc) is 2.49. The first-order valence-corrected chi connectivity index (χ1v) is 8.72. The van der Waals surface area contributed by atoms with Gasteiger partial charge in [-0.25, -0.2) is 0 Å². The molecule has 1 fully saturated rings. The van der Waals surface area contributed by atoms with E-state index in [1.165, 1.54) is 4.90 Å². The summed E-state index contributed by atoms with van der Waals surface area (Å²) in [5.74, 6) is -0.0785. The minimum Gasteiger partial charge on any atom is -0.465 e. The van der Waals surface area contributed by atoms with Crippen LogP contribution in [0.25, 0.3) is 0 Å². The zero-order valence-electron chi connectivity index (χ0n) is 12.9. The van der Waals surface area contributed by atoms with Crippen molar-refractivity contribution >= 4 is 17.7 Å². The SMILES string of the molecule is CCNC1(C(=O)OCC)CCCC(Sc2ccccc2)C1. The highest BCUT2D eigenvalue weighted by atomic mass is 32.2. The quantitative estimate of drug-likeness (QED) is 0.815. The molecule has 1 aromatic rings. The normalized spacial score (nSPS) is 25.5. The summed E-state index contributed by atoms with van der Waals surface area (Å²) >= 11 is 1.88. The Kier molecular flexibility index (Phi) is 6.12. The Balaban J connectivity index is 2.07. The van der Waals surface area contributed by atoms with Gasteiger partial charge in [0.1, 0.15) is 5.54 Å². The Morgan fingerprint density at radius 2 is 2.14 bits per heavy atom. The largest absolute Gasteiger partial charge is 0.465 e. The van der Waals surface area contributed by atoms with Crippen molar-refractivity contribution in [2.75, 3.05) is 13.2 Å². The van der Waals surface area contributed by atoms with E-state index in [0.29, 0.717) is 11.9 Å². The number of benzene rings is 1. The molecule has 2 atom stereocenters. The fraction of sp³-hybridized carbons (Fsp3) is 0.588. The lowest BCUT2D eigenvalue weighted by atomic mass is 9.81. The molecular weight excluding hydrogens is 282 g/mol. The second-order valence-corrected chi connectivity index (χ2v) is 6.86. The van der Waals surface area contributed by atoms with Crippen molar-refractivity contribution in [3.63, 3.8) is 0 Å². The van der Waals surface area contributed by atoms with Gasteiger partial charge in [-0.3, -0.25) is 4.79 Å². The van der Waals surface area contributed by atoms with E-state index in [4.69, 9.17) is 4.74 Å². The lowest BCUT2D eigenvalue weighted by Crippen LogP contribution is -2.56. The first-order chi connectivity index (χ1) is 10.2. The van der Waals surface area contributed by atoms with Crippen molar-refractivity contribution in [1.82, 2.24) is 5.32 Å². The molecule has 0 spiro atoms. The Labute approximate surface area is 131 Å². The molecule has 0 aliphatic heterocycles. The molecule has 0 bridgehead atoms. The van der Waals surface area contributed by atoms with Crippen molar-refractivity contribution in [2.24, 2.45) is 0 Å². The molecule has 0 amide bonds. The molecular formula is C17H25NO2S. The number of esters is 1. The van der Waals surface area contributed by atoms with E-state index >= 15 is 0 Å². The highest BCUT2D eigenvalue weighted by Gasteiger charge is 2.43. The third kappa shape index (κ3) is 4.24. The smallest absolute Gasteiger partial charge is 0.326 e. The van der Waals surface area contributed by atoms with Gasteiger partial charge in [-0.05, 0) is 51.3 Å². The van der Waals surface area contributed by atoms with Crippen LogP contribution in [0.2, 0.25) is 0 Å². The molecule has 0 aromatic heterocycles. The van der Waals surface area contributed by atoms with Gasteiger partial charge in [0.15, 0.2) is 0 Å². The summed E-state index contributed by atoms with van der Waals surface area (Å²) in [4.78, 5) is 13.7. The maximum atomic E-state index is 12.4. The van der Waals surface area contributed by atoms with Crippen molar-refractivity contribution in [3.05, 3.63) is 30.3 Å². The van der Waals surface area contributed by atoms with Crippen LogP contribution in [-0.2, 0) is 9.53 Å². The Bertz CT molecular complexity index is 447. The molecule has 1 N–H and O–H groups in total. The number of hydrogen-bond acceptors (Lipinski definition) is 4. The first-order valence-electron chi connectivity index (χ1n) is 7.84. The van der Waals surface area contributed by atoms with Crippen molar-refractivity contribution in [2.45, 2.75) is 55.2 Å². The number of hydrogen-bond donors (Lipinski definition) is 1. The van der Waals surface area contributed by atoms with Crippen LogP contribution in [-0.4, -0.2) is 29.9 Å². The van der Waals surface area contributed by atoms with Crippen molar-refractivity contribution < 1.29 is 9.53 Å². The third-order valence-corrected chi connectivity index (χ3v) is 5.21. The van der Waals surface area contributed by atoms with Crippen LogP contribution in [0.5, 0.6) is 0 Å². The molecule has 3 nitrogen and oxygen atoms in total. The van der Waals surface area contributed by atoms with E-state index in [-0.39, 0.29) is 5.97 Å². The maximum Gasteiger partial charge on any atom is 0.326 e. The molecule has 0 saturated heterocycles. The third-order valence-electron chi connectivity index (χ3n) is 3.93. The lowest BCUT2D eigenvalue weighted by Gasteiger charge is -2.39. The van der Waals surface area contributed by atoms with Crippen LogP contribution in [0.3, 0.4) is 0 Å². The second kappa shape index (κ2) is 7.85. The number of nitrogens with one attached hydrogen (secondary N) is 1. The Hall–Kier alpha value is -1.00. The van der Waals surface area contributed by atoms with Gasteiger partial charge in [0.25, 0.3) is 0 Å². The average molecular weight is 307 g/mol. The predicted octanol–water partition coefficient (Wildman–Crippen LogP) is 3.63. The summed E-state index contributed by atoms with van der Waals surface area (Å²) < 4.78 is 5.33. The molecule has 0 radical (unpaired) electrons. The van der Waals surface area contributed by atoms with E-state index in [9.17, 15) is 4.79 Å². The molecule has 116 valence electrons.